The molecule has 2 aromatic carbocycles. The van der Waals surface area contributed by atoms with Gasteiger partial charge in [0.15, 0.2) is 0 Å². The summed E-state index contributed by atoms with van der Waals surface area (Å²) in [6.07, 6.45) is 0. The van der Waals surface area contributed by atoms with Crippen molar-refractivity contribution in [3.8, 4) is 17.2 Å². The molecular formula is C15H15BrO2. The van der Waals surface area contributed by atoms with E-state index in [1.807, 2.05) is 37.3 Å². The fourth-order valence-electron chi connectivity index (χ4n) is 1.70. The zero-order valence-corrected chi connectivity index (χ0v) is 12.0. The van der Waals surface area contributed by atoms with E-state index < -0.39 is 0 Å². The molecule has 0 saturated heterocycles. The number of ether oxygens (including phenoxy) is 2. The van der Waals surface area contributed by atoms with E-state index in [2.05, 4.69) is 28.1 Å². The molecule has 0 saturated carbocycles. The molecule has 0 unspecified atom stereocenters. The minimum atomic E-state index is 0.782. The van der Waals surface area contributed by atoms with Crippen LogP contribution < -0.4 is 9.47 Å². The van der Waals surface area contributed by atoms with Gasteiger partial charge >= 0.3 is 0 Å². The normalized spacial score (nSPS) is 10.2. The van der Waals surface area contributed by atoms with Crippen LogP contribution in [0.15, 0.2) is 42.5 Å². The Hall–Kier alpha value is -1.48. The van der Waals surface area contributed by atoms with Crippen LogP contribution >= 0.6 is 15.9 Å². The van der Waals surface area contributed by atoms with Crippen molar-refractivity contribution in [3.63, 3.8) is 0 Å². The van der Waals surface area contributed by atoms with Crippen molar-refractivity contribution < 1.29 is 9.47 Å². The first-order chi connectivity index (χ1) is 8.72. The van der Waals surface area contributed by atoms with Gasteiger partial charge < -0.3 is 9.47 Å². The second-order valence-electron chi connectivity index (χ2n) is 4.01. The minimum Gasteiger partial charge on any atom is -0.497 e. The van der Waals surface area contributed by atoms with E-state index >= 15 is 0 Å². The van der Waals surface area contributed by atoms with Crippen LogP contribution in [0.2, 0.25) is 0 Å². The summed E-state index contributed by atoms with van der Waals surface area (Å²) < 4.78 is 11.0. The largest absolute Gasteiger partial charge is 0.497 e. The summed E-state index contributed by atoms with van der Waals surface area (Å²) >= 11 is 3.44. The number of hydrogen-bond acceptors (Lipinski definition) is 2. The number of hydrogen-bond donors (Lipinski definition) is 0. The first kappa shape index (κ1) is 13.0. The van der Waals surface area contributed by atoms with Crippen LogP contribution in [0.5, 0.6) is 17.2 Å². The van der Waals surface area contributed by atoms with Gasteiger partial charge in [-0.05, 0) is 36.2 Å². The Balaban J connectivity index is 2.22. The Labute approximate surface area is 116 Å². The number of aryl methyl sites for hydroxylation is 1. The molecule has 2 rings (SSSR count). The third-order valence-corrected chi connectivity index (χ3v) is 3.31. The molecule has 0 heterocycles. The molecule has 2 nitrogen and oxygen atoms in total. The van der Waals surface area contributed by atoms with Crippen molar-refractivity contribution in [2.45, 2.75) is 12.3 Å². The Morgan fingerprint density at radius 2 is 1.83 bits per heavy atom. The van der Waals surface area contributed by atoms with Crippen molar-refractivity contribution >= 4 is 15.9 Å². The molecule has 0 radical (unpaired) electrons. The average molecular weight is 307 g/mol. The molecule has 0 N–H and O–H groups in total. The molecule has 0 spiro atoms. The predicted molar refractivity (Wildman–Crippen MR) is 76.9 cm³/mol. The standard InChI is InChI=1S/C15H15BrO2/c1-11-8-12(10-16)6-7-15(11)18-14-5-3-4-13(9-14)17-2/h3-9H,10H2,1-2H3. The fourth-order valence-corrected chi connectivity index (χ4v) is 2.05. The van der Waals surface area contributed by atoms with Gasteiger partial charge in [-0.15, -0.1) is 0 Å². The van der Waals surface area contributed by atoms with Crippen LogP contribution in [0.3, 0.4) is 0 Å². The third-order valence-electron chi connectivity index (χ3n) is 2.66. The van der Waals surface area contributed by atoms with Crippen LogP contribution in [0.4, 0.5) is 0 Å². The molecular weight excluding hydrogens is 292 g/mol. The van der Waals surface area contributed by atoms with Gasteiger partial charge in [0.05, 0.1) is 7.11 Å². The Kier molecular flexibility index (Phi) is 4.26. The quantitative estimate of drug-likeness (QED) is 0.763. The van der Waals surface area contributed by atoms with E-state index in [9.17, 15) is 0 Å². The number of halogens is 1. The first-order valence-electron chi connectivity index (χ1n) is 5.70. The molecule has 0 atom stereocenters. The Morgan fingerprint density at radius 3 is 2.50 bits per heavy atom. The van der Waals surface area contributed by atoms with Crippen molar-refractivity contribution in [1.29, 1.82) is 0 Å². The maximum absolute atomic E-state index is 5.86. The van der Waals surface area contributed by atoms with E-state index in [0.29, 0.717) is 0 Å². The number of alkyl halides is 1. The molecule has 0 aliphatic heterocycles. The molecule has 0 aliphatic carbocycles. The van der Waals surface area contributed by atoms with Gasteiger partial charge in [0.25, 0.3) is 0 Å². The Bertz CT molecular complexity index is 538. The van der Waals surface area contributed by atoms with E-state index in [1.165, 1.54) is 5.56 Å². The van der Waals surface area contributed by atoms with E-state index in [-0.39, 0.29) is 0 Å². The summed E-state index contributed by atoms with van der Waals surface area (Å²) in [5, 5.41) is 0.854. The second kappa shape index (κ2) is 5.91. The molecule has 0 aromatic heterocycles. The van der Waals surface area contributed by atoms with Crippen LogP contribution in [-0.4, -0.2) is 7.11 Å². The van der Waals surface area contributed by atoms with Crippen LogP contribution in [0.25, 0.3) is 0 Å². The van der Waals surface area contributed by atoms with Gasteiger partial charge in [-0.1, -0.05) is 34.1 Å². The lowest BCUT2D eigenvalue weighted by atomic mass is 10.1. The summed E-state index contributed by atoms with van der Waals surface area (Å²) in [7, 11) is 1.65. The monoisotopic (exact) mass is 306 g/mol. The van der Waals surface area contributed by atoms with E-state index in [4.69, 9.17) is 9.47 Å². The van der Waals surface area contributed by atoms with Crippen molar-refractivity contribution in [1.82, 2.24) is 0 Å². The maximum atomic E-state index is 5.86. The molecule has 0 aliphatic rings. The van der Waals surface area contributed by atoms with Gasteiger partial charge in [0, 0.05) is 11.4 Å². The van der Waals surface area contributed by atoms with Gasteiger partial charge in [-0.3, -0.25) is 0 Å². The second-order valence-corrected chi connectivity index (χ2v) is 4.58. The van der Waals surface area contributed by atoms with E-state index in [0.717, 1.165) is 28.1 Å². The lowest BCUT2D eigenvalue weighted by Gasteiger charge is -2.10. The fraction of sp³-hybridized carbons (Fsp3) is 0.200. The van der Waals surface area contributed by atoms with Crippen molar-refractivity contribution in [2.24, 2.45) is 0 Å². The zero-order chi connectivity index (χ0) is 13.0. The topological polar surface area (TPSA) is 18.5 Å². The van der Waals surface area contributed by atoms with Crippen molar-refractivity contribution in [3.05, 3.63) is 53.6 Å². The molecule has 3 heteroatoms. The predicted octanol–water partition coefficient (Wildman–Crippen LogP) is 4.69. The smallest absolute Gasteiger partial charge is 0.131 e. The maximum Gasteiger partial charge on any atom is 0.131 e. The molecule has 0 fully saturated rings. The van der Waals surface area contributed by atoms with Crippen molar-refractivity contribution in [2.75, 3.05) is 7.11 Å². The third kappa shape index (κ3) is 3.05. The summed E-state index contributed by atoms with van der Waals surface area (Å²) in [5.41, 5.74) is 2.36. The summed E-state index contributed by atoms with van der Waals surface area (Å²) in [4.78, 5) is 0. The van der Waals surface area contributed by atoms with Crippen LogP contribution in [0, 0.1) is 6.92 Å². The molecule has 2 aromatic rings. The van der Waals surface area contributed by atoms with Gasteiger partial charge in [-0.2, -0.15) is 0 Å². The SMILES string of the molecule is COc1cccc(Oc2ccc(CBr)cc2C)c1. The number of benzene rings is 2. The number of rotatable bonds is 4. The number of methoxy groups -OCH3 is 1. The molecule has 94 valence electrons. The highest BCUT2D eigenvalue weighted by Crippen LogP contribution is 2.28. The zero-order valence-electron chi connectivity index (χ0n) is 10.4. The lowest BCUT2D eigenvalue weighted by Crippen LogP contribution is -1.90. The van der Waals surface area contributed by atoms with Crippen LogP contribution in [-0.2, 0) is 5.33 Å². The lowest BCUT2D eigenvalue weighted by molar-refractivity contribution is 0.409. The Morgan fingerprint density at radius 1 is 1.06 bits per heavy atom. The van der Waals surface area contributed by atoms with E-state index in [1.54, 1.807) is 7.11 Å². The van der Waals surface area contributed by atoms with Gasteiger partial charge in [0.2, 0.25) is 0 Å². The highest BCUT2D eigenvalue weighted by Gasteiger charge is 2.03. The summed E-state index contributed by atoms with van der Waals surface area (Å²) in [6, 6.07) is 13.8. The molecule has 0 amide bonds. The summed E-state index contributed by atoms with van der Waals surface area (Å²) in [5.74, 6) is 2.44. The van der Waals surface area contributed by atoms with Crippen LogP contribution in [0.1, 0.15) is 11.1 Å². The average Bonchev–Trinajstić information content (AvgIpc) is 2.41. The first-order valence-corrected chi connectivity index (χ1v) is 6.82. The minimum absolute atomic E-state index is 0.782. The summed E-state index contributed by atoms with van der Waals surface area (Å²) in [6.45, 7) is 2.04. The highest BCUT2D eigenvalue weighted by atomic mass is 79.9. The molecule has 18 heavy (non-hydrogen) atoms. The highest BCUT2D eigenvalue weighted by molar-refractivity contribution is 9.08. The molecule has 0 bridgehead atoms. The van der Waals surface area contributed by atoms with Gasteiger partial charge in [-0.25, -0.2) is 0 Å². The van der Waals surface area contributed by atoms with Gasteiger partial charge in [0.1, 0.15) is 17.2 Å².